The minimum Gasteiger partial charge on any atom is -0.458 e. The number of hydrogen-bond acceptors (Lipinski definition) is 6. The van der Waals surface area contributed by atoms with Crippen molar-refractivity contribution in [3.05, 3.63) is 75.3 Å². The van der Waals surface area contributed by atoms with Crippen molar-refractivity contribution in [3.8, 4) is 28.8 Å². The van der Waals surface area contributed by atoms with Crippen LogP contribution in [-0.4, -0.2) is 20.5 Å². The van der Waals surface area contributed by atoms with Crippen LogP contribution < -0.4 is 9.61 Å². The van der Waals surface area contributed by atoms with Crippen molar-refractivity contribution < 1.29 is 13.5 Å². The molecule has 3 aromatic heterocycles. The van der Waals surface area contributed by atoms with Gasteiger partial charge < -0.3 is 9.58 Å². The fourth-order valence-corrected chi connectivity index (χ4v) is 4.39. The fraction of sp³-hybridized carbons (Fsp3) is 0.174. The number of halogens is 2. The number of rotatable bonds is 5. The van der Waals surface area contributed by atoms with E-state index in [0.717, 1.165) is 11.3 Å². The predicted molar refractivity (Wildman–Crippen MR) is 118 cm³/mol. The number of nitrogens with zero attached hydrogens (tertiary/aromatic N) is 5. The monoisotopic (exact) mass is 461 g/mol. The molecule has 1 saturated carbocycles. The maximum Gasteiger partial charge on any atom is 0.309 e. The highest BCUT2D eigenvalue weighted by Crippen LogP contribution is 2.49. The Kier molecular flexibility index (Phi) is 4.88. The molecule has 1 aliphatic carbocycles. The quantitative estimate of drug-likeness (QED) is 0.372. The molecule has 0 aliphatic heterocycles. The van der Waals surface area contributed by atoms with Crippen LogP contribution >= 0.6 is 11.3 Å². The molecule has 0 bridgehead atoms. The van der Waals surface area contributed by atoms with Gasteiger partial charge in [0.05, 0.1) is 22.8 Å². The van der Waals surface area contributed by atoms with Gasteiger partial charge in [-0.1, -0.05) is 17.9 Å². The van der Waals surface area contributed by atoms with Crippen LogP contribution in [0.25, 0.3) is 26.4 Å². The van der Waals surface area contributed by atoms with Crippen LogP contribution in [0.5, 0.6) is 11.5 Å². The number of benzene rings is 1. The minimum atomic E-state index is -2.71. The number of fused-ring (bicyclic) bond motifs is 1. The number of hydrogen-bond donors (Lipinski definition) is 0. The highest BCUT2D eigenvalue weighted by Gasteiger charge is 2.56. The molecular weight excluding hydrogens is 448 g/mol. The summed E-state index contributed by atoms with van der Waals surface area (Å²) < 4.78 is 33.8. The van der Waals surface area contributed by atoms with Crippen molar-refractivity contribution in [1.29, 1.82) is 5.26 Å². The molecule has 0 radical (unpaired) electrons. The summed E-state index contributed by atoms with van der Waals surface area (Å²) in [7, 11) is 0. The number of nitriles is 1. The summed E-state index contributed by atoms with van der Waals surface area (Å²) in [6, 6.07) is 13.4. The third-order valence-electron chi connectivity index (χ3n) is 5.35. The van der Waals surface area contributed by atoms with Gasteiger partial charge in [0.25, 0.3) is 11.7 Å². The number of pyridine rings is 2. The van der Waals surface area contributed by atoms with Crippen molar-refractivity contribution in [2.24, 2.45) is 5.92 Å². The summed E-state index contributed by atoms with van der Waals surface area (Å²) >= 11 is 0.884. The summed E-state index contributed by atoms with van der Waals surface area (Å²) in [6.45, 7) is 7.02. The second-order valence-corrected chi connectivity index (χ2v) is 8.48. The summed E-state index contributed by atoms with van der Waals surface area (Å²) in [5.41, 5.74) is 1.80. The molecule has 162 valence electrons. The van der Waals surface area contributed by atoms with E-state index in [1.165, 1.54) is 16.8 Å². The lowest BCUT2D eigenvalue weighted by molar-refractivity contribution is 0.0953. The lowest BCUT2D eigenvalue weighted by Crippen LogP contribution is -2.15. The number of ether oxygens (including phenoxy) is 1. The molecule has 0 amide bonds. The van der Waals surface area contributed by atoms with Crippen molar-refractivity contribution in [1.82, 2.24) is 14.5 Å². The molecule has 5 rings (SSSR count). The van der Waals surface area contributed by atoms with E-state index in [4.69, 9.17) is 11.3 Å². The van der Waals surface area contributed by atoms with E-state index in [1.54, 1.807) is 36.4 Å². The SMILES string of the molecule is [C-]#[N+]c1cc(Oc2ccc(C#N)c(-c3ccc4c(n3)sc(=O)n4CC3CC3(F)F)c2)ccn1. The molecule has 1 fully saturated rings. The second kappa shape index (κ2) is 7.76. The first-order valence-corrected chi connectivity index (χ1v) is 10.6. The maximum absolute atomic E-state index is 13.3. The van der Waals surface area contributed by atoms with Crippen LogP contribution in [0.4, 0.5) is 14.6 Å². The predicted octanol–water partition coefficient (Wildman–Crippen LogP) is 5.39. The topological polar surface area (TPSA) is 85.2 Å². The highest BCUT2D eigenvalue weighted by molar-refractivity contribution is 7.16. The highest BCUT2D eigenvalue weighted by atomic mass is 32.1. The molecule has 0 spiro atoms. The largest absolute Gasteiger partial charge is 0.458 e. The molecule has 33 heavy (non-hydrogen) atoms. The molecule has 1 aromatic carbocycles. The first-order valence-electron chi connectivity index (χ1n) is 9.82. The van der Waals surface area contributed by atoms with Gasteiger partial charge in [-0.25, -0.2) is 13.8 Å². The minimum absolute atomic E-state index is 0.0435. The van der Waals surface area contributed by atoms with Crippen LogP contribution in [0.15, 0.2) is 53.5 Å². The lowest BCUT2D eigenvalue weighted by atomic mass is 10.0. The standard InChI is InChI=1S/C23H13F2N5O2S/c1-27-20-9-16(6-7-28-20)32-15-3-2-13(11-26)17(8-15)18-4-5-19-21(29-18)33-22(31)30(19)12-14-10-23(14,24)25/h2-9,14H,10,12H2. The zero-order valence-corrected chi connectivity index (χ0v) is 17.6. The molecule has 4 aromatic rings. The van der Waals surface area contributed by atoms with E-state index < -0.39 is 11.8 Å². The van der Waals surface area contributed by atoms with Crippen molar-refractivity contribution in [3.63, 3.8) is 0 Å². The first-order chi connectivity index (χ1) is 15.9. The molecule has 1 aliphatic rings. The Bertz CT molecular complexity index is 1550. The van der Waals surface area contributed by atoms with Gasteiger partial charge in [-0.15, -0.1) is 4.98 Å². The number of aromatic nitrogens is 3. The molecule has 0 saturated heterocycles. The van der Waals surface area contributed by atoms with Gasteiger partial charge in [-0.2, -0.15) is 5.26 Å². The van der Waals surface area contributed by atoms with E-state index in [9.17, 15) is 18.8 Å². The first kappa shape index (κ1) is 20.7. The van der Waals surface area contributed by atoms with E-state index in [1.807, 2.05) is 0 Å². The smallest absolute Gasteiger partial charge is 0.309 e. The van der Waals surface area contributed by atoms with Gasteiger partial charge in [0.15, 0.2) is 0 Å². The van der Waals surface area contributed by atoms with Crippen molar-refractivity contribution in [2.75, 3.05) is 0 Å². The van der Waals surface area contributed by atoms with Gasteiger partial charge >= 0.3 is 4.87 Å². The van der Waals surface area contributed by atoms with Gasteiger partial charge in [0.1, 0.15) is 22.5 Å². The molecule has 7 nitrogen and oxygen atoms in total. The molecule has 1 unspecified atom stereocenters. The Morgan fingerprint density at radius 1 is 1.27 bits per heavy atom. The van der Waals surface area contributed by atoms with E-state index in [2.05, 4.69) is 20.9 Å². The second-order valence-electron chi connectivity index (χ2n) is 7.54. The molecule has 10 heteroatoms. The Morgan fingerprint density at radius 2 is 2.06 bits per heavy atom. The normalized spacial score (nSPS) is 16.2. The number of alkyl halides is 2. The summed E-state index contributed by atoms with van der Waals surface area (Å²) in [4.78, 5) is 24.2. The third kappa shape index (κ3) is 3.93. The zero-order valence-electron chi connectivity index (χ0n) is 16.8. The van der Waals surface area contributed by atoms with E-state index in [-0.39, 0.29) is 23.7 Å². The molecule has 3 heterocycles. The summed E-state index contributed by atoms with van der Waals surface area (Å²) in [6.07, 6.45) is 1.25. The molecule has 1 atom stereocenters. The third-order valence-corrected chi connectivity index (χ3v) is 6.24. The Labute approximate surface area is 190 Å². The van der Waals surface area contributed by atoms with Crippen LogP contribution in [0, 0.1) is 23.8 Å². The zero-order chi connectivity index (χ0) is 23.2. The van der Waals surface area contributed by atoms with Crippen LogP contribution in [0.3, 0.4) is 0 Å². The van der Waals surface area contributed by atoms with Gasteiger partial charge in [-0.3, -0.25) is 9.36 Å². The van der Waals surface area contributed by atoms with Crippen molar-refractivity contribution in [2.45, 2.75) is 18.9 Å². The molecular formula is C23H13F2N5O2S. The van der Waals surface area contributed by atoms with Crippen LogP contribution in [0.2, 0.25) is 0 Å². The Morgan fingerprint density at radius 3 is 2.79 bits per heavy atom. The summed E-state index contributed by atoms with van der Waals surface area (Å²) in [5, 5.41) is 9.56. The summed E-state index contributed by atoms with van der Waals surface area (Å²) in [5.74, 6) is -2.51. The van der Waals surface area contributed by atoms with Gasteiger partial charge in [0, 0.05) is 36.6 Å². The Hall–Kier alpha value is -4.15. The van der Waals surface area contributed by atoms with E-state index >= 15 is 0 Å². The average Bonchev–Trinajstić information content (AvgIpc) is 3.30. The maximum atomic E-state index is 13.3. The molecule has 0 N–H and O–H groups in total. The average molecular weight is 461 g/mol. The van der Waals surface area contributed by atoms with Gasteiger partial charge in [-0.05, 0) is 30.3 Å². The Balaban J connectivity index is 1.51. The van der Waals surface area contributed by atoms with Crippen LogP contribution in [-0.2, 0) is 6.54 Å². The van der Waals surface area contributed by atoms with E-state index in [0.29, 0.717) is 38.7 Å². The van der Waals surface area contributed by atoms with Gasteiger partial charge in [0.2, 0.25) is 0 Å². The van der Waals surface area contributed by atoms with Crippen LogP contribution in [0.1, 0.15) is 12.0 Å². The number of thiazole rings is 1. The fourth-order valence-electron chi connectivity index (χ4n) is 3.52. The van der Waals surface area contributed by atoms with Crippen molar-refractivity contribution >= 4 is 27.5 Å². The lowest BCUT2D eigenvalue weighted by Gasteiger charge is -2.09.